The molecule has 0 saturated carbocycles. The number of hydrogen-bond donors (Lipinski definition) is 0. The number of nitrogens with zero attached hydrogens (tertiary/aromatic N) is 1. The zero-order valence-electron chi connectivity index (χ0n) is 40.5. The lowest BCUT2D eigenvalue weighted by Gasteiger charge is -2.31. The Morgan fingerprint density at radius 3 is 1.59 bits per heavy atom. The Labute approximate surface area is 400 Å². The van der Waals surface area contributed by atoms with E-state index in [4.69, 9.17) is 4.74 Å². The summed E-state index contributed by atoms with van der Waals surface area (Å²) in [6.45, 7) is 20.3. The van der Waals surface area contributed by atoms with Crippen LogP contribution in [-0.2, 0) is 0 Å². The van der Waals surface area contributed by atoms with Crippen LogP contribution in [0.5, 0.6) is 11.5 Å². The van der Waals surface area contributed by atoms with Gasteiger partial charge in [0.25, 0.3) is 0 Å². The molecule has 0 spiro atoms. The molecule has 0 aromatic heterocycles. The summed E-state index contributed by atoms with van der Waals surface area (Å²) in [5.74, 6) is 1.74. The van der Waals surface area contributed by atoms with Crippen molar-refractivity contribution in [3.8, 4) is 22.6 Å². The SMILES string of the molecule is Cc1cc(C)c(B(c2c(C)cc(C)cc2C)c2cc3c4cccc5c4c(cc3c3ccccc23)-c2ccc(N(c3c(C)cc(C)cc3C)c3cccc4c3ccc3ccccc34)cc2O5)c(C)c1. The summed E-state index contributed by atoms with van der Waals surface area (Å²) in [5.41, 5.74) is 21.5. The summed E-state index contributed by atoms with van der Waals surface area (Å²) in [6.07, 6.45) is 0. The van der Waals surface area contributed by atoms with Crippen molar-refractivity contribution in [3.63, 3.8) is 0 Å². The minimum Gasteiger partial charge on any atom is -0.456 e. The number of hydrogen-bond acceptors (Lipinski definition) is 2. The third-order valence-corrected chi connectivity index (χ3v) is 15.0. The van der Waals surface area contributed by atoms with E-state index in [9.17, 15) is 0 Å². The van der Waals surface area contributed by atoms with E-state index in [0.29, 0.717) is 0 Å². The molecule has 0 aliphatic carbocycles. The van der Waals surface area contributed by atoms with E-state index < -0.39 is 0 Å². The van der Waals surface area contributed by atoms with Gasteiger partial charge in [0.05, 0.1) is 11.4 Å². The van der Waals surface area contributed by atoms with E-state index >= 15 is 0 Å². The van der Waals surface area contributed by atoms with Crippen molar-refractivity contribution in [2.24, 2.45) is 0 Å². The van der Waals surface area contributed by atoms with E-state index in [2.05, 4.69) is 231 Å². The summed E-state index contributed by atoms with van der Waals surface area (Å²) >= 11 is 0. The van der Waals surface area contributed by atoms with Gasteiger partial charge in [0.15, 0.2) is 0 Å². The molecule has 11 aromatic carbocycles. The van der Waals surface area contributed by atoms with E-state index in [1.807, 2.05) is 0 Å². The first-order valence-electron chi connectivity index (χ1n) is 24.1. The molecule has 0 N–H and O–H groups in total. The number of rotatable bonds is 6. The van der Waals surface area contributed by atoms with Crippen molar-refractivity contribution in [1.82, 2.24) is 0 Å². The van der Waals surface area contributed by atoms with Gasteiger partial charge in [0, 0.05) is 28.1 Å². The first-order valence-corrected chi connectivity index (χ1v) is 24.1. The van der Waals surface area contributed by atoms with Gasteiger partial charge in [-0.25, -0.2) is 0 Å². The third-order valence-electron chi connectivity index (χ3n) is 15.0. The maximum Gasteiger partial charge on any atom is 0.243 e. The highest BCUT2D eigenvalue weighted by Crippen LogP contribution is 2.52. The molecule has 328 valence electrons. The van der Waals surface area contributed by atoms with Crippen molar-refractivity contribution in [2.75, 3.05) is 4.90 Å². The normalized spacial score (nSPS) is 12.0. The molecule has 0 fully saturated rings. The van der Waals surface area contributed by atoms with Gasteiger partial charge in [-0.3, -0.25) is 0 Å². The fourth-order valence-electron chi connectivity index (χ4n) is 12.5. The van der Waals surface area contributed by atoms with Gasteiger partial charge >= 0.3 is 0 Å². The maximum absolute atomic E-state index is 7.15. The van der Waals surface area contributed by atoms with Crippen LogP contribution in [0.3, 0.4) is 0 Å². The molecule has 0 amide bonds. The summed E-state index contributed by atoms with van der Waals surface area (Å²) < 4.78 is 7.15. The lowest BCUT2D eigenvalue weighted by atomic mass is 9.33. The molecule has 12 rings (SSSR count). The first-order chi connectivity index (χ1) is 32.9. The lowest BCUT2D eigenvalue weighted by molar-refractivity contribution is 0.487. The molecule has 3 heteroatoms. The fraction of sp³-hybridized carbons (Fsp3) is 0.138. The van der Waals surface area contributed by atoms with Gasteiger partial charge in [-0.1, -0.05) is 183 Å². The molecule has 0 radical (unpaired) electrons. The summed E-state index contributed by atoms with van der Waals surface area (Å²) in [7, 11) is 0. The molecule has 0 bridgehead atoms. The van der Waals surface area contributed by atoms with Gasteiger partial charge in [0.2, 0.25) is 6.71 Å². The highest BCUT2D eigenvalue weighted by molar-refractivity contribution is 6.98. The lowest BCUT2D eigenvalue weighted by Crippen LogP contribution is -2.56. The molecular formula is C65H54BNO. The highest BCUT2D eigenvalue weighted by Gasteiger charge is 2.32. The van der Waals surface area contributed by atoms with Crippen LogP contribution in [0.1, 0.15) is 50.1 Å². The second-order valence-corrected chi connectivity index (χ2v) is 19.8. The molecule has 2 nitrogen and oxygen atoms in total. The average Bonchev–Trinajstić information content (AvgIpc) is 3.31. The molecule has 1 heterocycles. The second-order valence-electron chi connectivity index (χ2n) is 19.8. The fourth-order valence-corrected chi connectivity index (χ4v) is 12.5. The number of ether oxygens (including phenoxy) is 1. The molecule has 1 aliphatic rings. The molecule has 1 aliphatic heterocycles. The third kappa shape index (κ3) is 6.47. The van der Waals surface area contributed by atoms with Gasteiger partial charge in [-0.15, -0.1) is 0 Å². The minimum atomic E-state index is 0.0379. The topological polar surface area (TPSA) is 12.5 Å². The number of aryl methyl sites for hydroxylation is 9. The smallest absolute Gasteiger partial charge is 0.243 e. The van der Waals surface area contributed by atoms with Crippen LogP contribution in [0.4, 0.5) is 17.1 Å². The zero-order chi connectivity index (χ0) is 46.7. The Morgan fingerprint density at radius 2 is 0.912 bits per heavy atom. The van der Waals surface area contributed by atoms with Crippen LogP contribution in [0.2, 0.25) is 0 Å². The Morgan fingerprint density at radius 1 is 0.368 bits per heavy atom. The Hall–Kier alpha value is -7.62. The van der Waals surface area contributed by atoms with Crippen molar-refractivity contribution in [1.29, 1.82) is 0 Å². The predicted octanol–water partition coefficient (Wildman–Crippen LogP) is 16.0. The molecule has 0 saturated heterocycles. The number of fused-ring (bicyclic) bond motifs is 9. The van der Waals surface area contributed by atoms with Crippen LogP contribution in [0.25, 0.3) is 65.0 Å². The molecular weight excluding hydrogens is 822 g/mol. The molecule has 68 heavy (non-hydrogen) atoms. The number of anilines is 3. The molecule has 0 unspecified atom stereocenters. The van der Waals surface area contributed by atoms with E-state index in [1.165, 1.54) is 126 Å². The van der Waals surface area contributed by atoms with Gasteiger partial charge < -0.3 is 9.64 Å². The van der Waals surface area contributed by atoms with Crippen molar-refractivity contribution in [2.45, 2.75) is 62.3 Å². The van der Waals surface area contributed by atoms with Gasteiger partial charge in [0.1, 0.15) is 11.5 Å². The van der Waals surface area contributed by atoms with E-state index in [0.717, 1.165) is 33.8 Å². The van der Waals surface area contributed by atoms with Crippen LogP contribution >= 0.6 is 0 Å². The summed E-state index contributed by atoms with van der Waals surface area (Å²) in [4.78, 5) is 2.46. The minimum absolute atomic E-state index is 0.0379. The molecule has 0 atom stereocenters. The van der Waals surface area contributed by atoms with Crippen LogP contribution in [0, 0.1) is 62.3 Å². The van der Waals surface area contributed by atoms with Crippen molar-refractivity contribution >= 4 is 94.0 Å². The van der Waals surface area contributed by atoms with E-state index in [1.54, 1.807) is 0 Å². The Kier molecular flexibility index (Phi) is 9.68. The summed E-state index contributed by atoms with van der Waals surface area (Å²) in [5, 5.41) is 12.4. The standard InChI is InChI=1S/C65H54BNO/c1-37-28-40(4)63(41(5)29-37)66(64-42(6)30-38(2)31-43(64)7)58-36-56-54-21-15-23-60-62(54)57(35-55(56)50-18-12-13-19-51(50)58)53-27-25-47(34-61(53)68-60)67(65-44(8)32-39(3)33-45(65)9)59-22-14-20-49-48-17-11-10-16-46(48)24-26-52(49)59/h10-36H,1-9H3. The van der Waals surface area contributed by atoms with Crippen molar-refractivity contribution < 1.29 is 4.74 Å². The van der Waals surface area contributed by atoms with Crippen LogP contribution in [-0.4, -0.2) is 6.71 Å². The van der Waals surface area contributed by atoms with Gasteiger partial charge in [-0.2, -0.15) is 0 Å². The van der Waals surface area contributed by atoms with Gasteiger partial charge in [-0.05, 0) is 152 Å². The summed E-state index contributed by atoms with van der Waals surface area (Å²) in [6, 6.07) is 61.6. The molecule has 11 aromatic rings. The largest absolute Gasteiger partial charge is 0.456 e. The Balaban J connectivity index is 1.09. The highest BCUT2D eigenvalue weighted by atomic mass is 16.5. The average molecular weight is 876 g/mol. The number of benzene rings is 11. The van der Waals surface area contributed by atoms with E-state index in [-0.39, 0.29) is 6.71 Å². The zero-order valence-corrected chi connectivity index (χ0v) is 40.5. The first kappa shape index (κ1) is 41.8. The Bertz CT molecular complexity index is 3830. The quantitative estimate of drug-likeness (QED) is 0.122. The van der Waals surface area contributed by atoms with Crippen molar-refractivity contribution in [3.05, 3.63) is 214 Å². The maximum atomic E-state index is 7.15. The monoisotopic (exact) mass is 875 g/mol. The van der Waals surface area contributed by atoms with Crippen LogP contribution in [0.15, 0.2) is 164 Å². The second kappa shape index (κ2) is 15.7. The van der Waals surface area contributed by atoms with Crippen LogP contribution < -0.4 is 26.0 Å². The predicted molar refractivity (Wildman–Crippen MR) is 294 cm³/mol.